The van der Waals surface area contributed by atoms with Gasteiger partial charge in [-0.2, -0.15) is 0 Å². The van der Waals surface area contributed by atoms with E-state index >= 15 is 0 Å². The Labute approximate surface area is 87.6 Å². The van der Waals surface area contributed by atoms with Gasteiger partial charge in [-0.25, -0.2) is 9.59 Å². The molecule has 0 aromatic carbocycles. The number of rotatable bonds is 4. The van der Waals surface area contributed by atoms with E-state index in [1.807, 2.05) is 0 Å². The Morgan fingerprint density at radius 2 is 1.79 bits per heavy atom. The van der Waals surface area contributed by atoms with Crippen LogP contribution in [-0.2, 0) is 18.5 Å². The minimum absolute atomic E-state index is 0.0465. The Bertz CT molecular complexity index is 202. The third kappa shape index (κ3) is 13.3. The van der Waals surface area contributed by atoms with Crippen molar-refractivity contribution < 1.29 is 23.6 Å². The van der Waals surface area contributed by atoms with Gasteiger partial charge in [-0.05, 0) is 0 Å². The van der Waals surface area contributed by atoms with Gasteiger partial charge in [0.25, 0.3) is 0 Å². The fraction of sp³-hybridized carbons (Fsp3) is 0.250. The first-order chi connectivity index (χ1) is 6.62. The Morgan fingerprint density at radius 1 is 1.29 bits per heavy atom. The SMILES string of the molecule is C=CC(=O)OCCO.C=CC(=O)OS. The van der Waals surface area contributed by atoms with Crippen molar-refractivity contribution in [3.63, 3.8) is 0 Å². The molecular weight excluding hydrogens is 208 g/mol. The van der Waals surface area contributed by atoms with E-state index in [0.717, 1.165) is 12.2 Å². The summed E-state index contributed by atoms with van der Waals surface area (Å²) in [7, 11) is 0. The van der Waals surface area contributed by atoms with Gasteiger partial charge in [-0.3, -0.25) is 0 Å². The van der Waals surface area contributed by atoms with E-state index in [4.69, 9.17) is 5.11 Å². The summed E-state index contributed by atoms with van der Waals surface area (Å²) in [6.45, 7) is 6.17. The molecule has 0 aromatic rings. The van der Waals surface area contributed by atoms with E-state index in [9.17, 15) is 9.59 Å². The first-order valence-electron chi connectivity index (χ1n) is 3.50. The molecule has 6 heteroatoms. The number of esters is 1. The number of aliphatic hydroxyl groups is 1. The molecule has 0 spiro atoms. The minimum atomic E-state index is -0.529. The number of ether oxygens (including phenoxy) is 1. The van der Waals surface area contributed by atoms with Gasteiger partial charge in [0.15, 0.2) is 0 Å². The van der Waals surface area contributed by atoms with E-state index in [1.54, 1.807) is 0 Å². The second kappa shape index (κ2) is 11.7. The van der Waals surface area contributed by atoms with Gasteiger partial charge in [0.2, 0.25) is 0 Å². The average Bonchev–Trinajstić information content (AvgIpc) is 2.25. The van der Waals surface area contributed by atoms with Crippen molar-refractivity contribution >= 4 is 24.8 Å². The van der Waals surface area contributed by atoms with Crippen molar-refractivity contribution in [1.82, 2.24) is 0 Å². The minimum Gasteiger partial charge on any atom is -0.460 e. The summed E-state index contributed by atoms with van der Waals surface area (Å²) < 4.78 is 8.17. The summed E-state index contributed by atoms with van der Waals surface area (Å²) in [5.74, 6) is -1.03. The molecule has 0 radical (unpaired) electrons. The lowest BCUT2D eigenvalue weighted by Crippen LogP contribution is -2.04. The molecule has 0 aliphatic rings. The number of carbonyl (C=O) groups excluding carboxylic acids is 2. The summed E-state index contributed by atoms with van der Waals surface area (Å²) >= 11 is 3.17. The Hall–Kier alpha value is -1.27. The van der Waals surface area contributed by atoms with Gasteiger partial charge in [-0.15, -0.1) is 0 Å². The second-order valence-corrected chi connectivity index (χ2v) is 1.89. The molecule has 80 valence electrons. The summed E-state index contributed by atoms with van der Waals surface area (Å²) in [6, 6.07) is 0. The summed E-state index contributed by atoms with van der Waals surface area (Å²) in [5, 5.41) is 8.10. The largest absolute Gasteiger partial charge is 0.460 e. The highest BCUT2D eigenvalue weighted by Crippen LogP contribution is 1.78. The molecule has 0 unspecified atom stereocenters. The third-order valence-electron chi connectivity index (χ3n) is 0.759. The normalized spacial score (nSPS) is 7.57. The molecule has 5 nitrogen and oxygen atoms in total. The van der Waals surface area contributed by atoms with Crippen LogP contribution in [0.15, 0.2) is 25.3 Å². The van der Waals surface area contributed by atoms with Crippen LogP contribution in [0.4, 0.5) is 0 Å². The van der Waals surface area contributed by atoms with Crippen molar-refractivity contribution in [3.8, 4) is 0 Å². The predicted molar refractivity (Wildman–Crippen MR) is 53.5 cm³/mol. The lowest BCUT2D eigenvalue weighted by Gasteiger charge is -1.94. The van der Waals surface area contributed by atoms with Crippen molar-refractivity contribution in [2.24, 2.45) is 0 Å². The standard InChI is InChI=1S/C5H8O3.C3H4O2S/c1-2-5(7)8-4-3-6;1-2-3(4)5-6/h2,6H,1,3-4H2;2,6H,1H2. The quantitative estimate of drug-likeness (QED) is 0.308. The molecule has 14 heavy (non-hydrogen) atoms. The fourth-order valence-corrected chi connectivity index (χ4v) is 0.317. The number of carbonyl (C=O) groups is 2. The summed E-state index contributed by atoms with van der Waals surface area (Å²) in [6.07, 6.45) is 2.09. The topological polar surface area (TPSA) is 72.8 Å². The van der Waals surface area contributed by atoms with Gasteiger partial charge in [0, 0.05) is 25.1 Å². The van der Waals surface area contributed by atoms with Crippen LogP contribution >= 0.6 is 12.9 Å². The highest BCUT2D eigenvalue weighted by atomic mass is 32.1. The first-order valence-corrected chi connectivity index (χ1v) is 3.86. The lowest BCUT2D eigenvalue weighted by molar-refractivity contribution is -0.138. The maximum absolute atomic E-state index is 10.1. The third-order valence-corrected chi connectivity index (χ3v) is 0.939. The van der Waals surface area contributed by atoms with Crippen LogP contribution in [0.2, 0.25) is 0 Å². The molecule has 0 aliphatic heterocycles. The monoisotopic (exact) mass is 220 g/mol. The molecular formula is C8H12O5S. The van der Waals surface area contributed by atoms with Gasteiger partial charge >= 0.3 is 11.9 Å². The molecule has 0 heterocycles. The van der Waals surface area contributed by atoms with Crippen LogP contribution in [0, 0.1) is 0 Å². The fourth-order valence-electron chi connectivity index (χ4n) is 0.242. The molecule has 0 aliphatic carbocycles. The van der Waals surface area contributed by atoms with Crippen molar-refractivity contribution in [2.75, 3.05) is 13.2 Å². The van der Waals surface area contributed by atoms with Crippen LogP contribution in [0.1, 0.15) is 0 Å². The van der Waals surface area contributed by atoms with Crippen molar-refractivity contribution in [2.45, 2.75) is 0 Å². The highest BCUT2D eigenvalue weighted by Gasteiger charge is 1.90. The molecule has 1 N–H and O–H groups in total. The molecule has 0 saturated heterocycles. The Morgan fingerprint density at radius 3 is 2.00 bits per heavy atom. The van der Waals surface area contributed by atoms with Crippen molar-refractivity contribution in [3.05, 3.63) is 25.3 Å². The highest BCUT2D eigenvalue weighted by molar-refractivity contribution is 7.75. The molecule has 0 saturated carbocycles. The van der Waals surface area contributed by atoms with E-state index < -0.39 is 11.9 Å². The van der Waals surface area contributed by atoms with E-state index in [-0.39, 0.29) is 13.2 Å². The molecule has 0 atom stereocenters. The predicted octanol–water partition coefficient (Wildman–Crippen LogP) is 0.268. The zero-order valence-corrected chi connectivity index (χ0v) is 8.40. The van der Waals surface area contributed by atoms with Crippen LogP contribution in [0.3, 0.4) is 0 Å². The van der Waals surface area contributed by atoms with Gasteiger partial charge < -0.3 is 14.0 Å². The van der Waals surface area contributed by atoms with E-state index in [0.29, 0.717) is 0 Å². The first kappa shape index (κ1) is 15.2. The van der Waals surface area contributed by atoms with E-state index in [1.165, 1.54) is 0 Å². The van der Waals surface area contributed by atoms with Crippen LogP contribution in [0.5, 0.6) is 0 Å². The zero-order valence-electron chi connectivity index (χ0n) is 7.51. The van der Waals surface area contributed by atoms with E-state index in [2.05, 4.69) is 35.0 Å². The van der Waals surface area contributed by atoms with Gasteiger partial charge in [0.05, 0.1) is 6.61 Å². The van der Waals surface area contributed by atoms with Crippen LogP contribution in [0.25, 0.3) is 0 Å². The van der Waals surface area contributed by atoms with Crippen molar-refractivity contribution in [1.29, 1.82) is 0 Å². The zero-order chi connectivity index (χ0) is 11.4. The lowest BCUT2D eigenvalue weighted by atomic mass is 10.6. The number of hydrogen-bond donors (Lipinski definition) is 2. The molecule has 0 aromatic heterocycles. The van der Waals surface area contributed by atoms with Gasteiger partial charge in [0.1, 0.15) is 6.61 Å². The average molecular weight is 220 g/mol. The summed E-state index contributed by atoms with van der Waals surface area (Å²) in [4.78, 5) is 19.9. The smallest absolute Gasteiger partial charge is 0.341 e. The molecule has 0 fully saturated rings. The molecule has 0 bridgehead atoms. The number of thiol groups is 1. The number of hydrogen-bond acceptors (Lipinski definition) is 6. The second-order valence-electron chi connectivity index (χ2n) is 1.71. The van der Waals surface area contributed by atoms with Crippen LogP contribution < -0.4 is 0 Å². The van der Waals surface area contributed by atoms with Gasteiger partial charge in [-0.1, -0.05) is 13.2 Å². The molecule has 0 rings (SSSR count). The number of aliphatic hydroxyl groups excluding tert-OH is 1. The maximum atomic E-state index is 10.1. The molecule has 0 amide bonds. The Balaban J connectivity index is 0. The summed E-state index contributed by atoms with van der Waals surface area (Å²) in [5.41, 5.74) is 0. The van der Waals surface area contributed by atoms with Crippen LogP contribution in [-0.4, -0.2) is 30.3 Å². The Kier molecular flexibility index (Phi) is 12.7. The maximum Gasteiger partial charge on any atom is 0.341 e.